The maximum atomic E-state index is 11.0. The molecule has 19 heavy (non-hydrogen) atoms. The van der Waals surface area contributed by atoms with Gasteiger partial charge in [0.05, 0.1) is 0 Å². The molecule has 0 aliphatic carbocycles. The molecular formula is C15H24N2OS. The normalized spacial score (nSPS) is 16.8. The minimum absolute atomic E-state index is 0.668. The first-order valence-electron chi connectivity index (χ1n) is 7.11. The van der Waals surface area contributed by atoms with Crippen LogP contribution in [-0.2, 0) is 17.3 Å². The number of para-hydroxylation sites is 1. The molecule has 0 bridgehead atoms. The number of nitrogens with one attached hydrogen (secondary N) is 1. The zero-order chi connectivity index (χ0) is 13.5. The van der Waals surface area contributed by atoms with Crippen molar-refractivity contribution in [2.75, 3.05) is 36.5 Å². The van der Waals surface area contributed by atoms with Crippen molar-refractivity contribution in [2.24, 2.45) is 0 Å². The molecular weight excluding hydrogens is 256 g/mol. The lowest BCUT2D eigenvalue weighted by atomic mass is 10.1. The fourth-order valence-electron chi connectivity index (χ4n) is 2.55. The van der Waals surface area contributed by atoms with Gasteiger partial charge in [0.15, 0.2) is 0 Å². The van der Waals surface area contributed by atoms with Crippen LogP contribution >= 0.6 is 0 Å². The Morgan fingerprint density at radius 2 is 2.00 bits per heavy atom. The van der Waals surface area contributed by atoms with Crippen LogP contribution in [0.4, 0.5) is 5.69 Å². The molecule has 1 aliphatic rings. The molecule has 1 aromatic rings. The van der Waals surface area contributed by atoms with E-state index in [1.54, 1.807) is 6.26 Å². The Labute approximate surface area is 118 Å². The third-order valence-corrected chi connectivity index (χ3v) is 4.40. The van der Waals surface area contributed by atoms with Gasteiger partial charge in [-0.1, -0.05) is 18.2 Å². The van der Waals surface area contributed by atoms with Gasteiger partial charge in [-0.25, -0.2) is 0 Å². The summed E-state index contributed by atoms with van der Waals surface area (Å²) in [7, 11) is -0.668. The molecule has 1 fully saturated rings. The van der Waals surface area contributed by atoms with Gasteiger partial charge in [-0.05, 0) is 37.4 Å². The van der Waals surface area contributed by atoms with Crippen molar-refractivity contribution in [3.05, 3.63) is 29.8 Å². The lowest BCUT2D eigenvalue weighted by Crippen LogP contribution is -2.22. The molecule has 0 amide bonds. The lowest BCUT2D eigenvalue weighted by Gasteiger charge is -2.21. The highest BCUT2D eigenvalue weighted by molar-refractivity contribution is 7.84. The Bertz CT molecular complexity index is 416. The van der Waals surface area contributed by atoms with Crippen LogP contribution in [0.5, 0.6) is 0 Å². The monoisotopic (exact) mass is 280 g/mol. The summed E-state index contributed by atoms with van der Waals surface area (Å²) in [5, 5.41) is 3.46. The van der Waals surface area contributed by atoms with E-state index in [9.17, 15) is 4.21 Å². The van der Waals surface area contributed by atoms with Crippen LogP contribution in [0.1, 0.15) is 24.8 Å². The van der Waals surface area contributed by atoms with Crippen molar-refractivity contribution in [1.82, 2.24) is 5.32 Å². The first kappa shape index (κ1) is 14.5. The highest BCUT2D eigenvalue weighted by atomic mass is 32.2. The van der Waals surface area contributed by atoms with Crippen LogP contribution in [0.3, 0.4) is 0 Å². The molecule has 3 nitrogen and oxygen atoms in total. The van der Waals surface area contributed by atoms with Gasteiger partial charge in [-0.2, -0.15) is 0 Å². The number of anilines is 1. The second-order valence-corrected chi connectivity index (χ2v) is 6.69. The third kappa shape index (κ3) is 4.62. The van der Waals surface area contributed by atoms with E-state index in [0.717, 1.165) is 25.3 Å². The van der Waals surface area contributed by atoms with Gasteiger partial charge in [0.25, 0.3) is 0 Å². The Morgan fingerprint density at radius 3 is 2.74 bits per heavy atom. The van der Waals surface area contributed by atoms with Crippen molar-refractivity contribution in [3.63, 3.8) is 0 Å². The highest BCUT2D eigenvalue weighted by Gasteiger charge is 2.14. The van der Waals surface area contributed by atoms with E-state index in [-0.39, 0.29) is 0 Å². The molecule has 0 radical (unpaired) electrons. The van der Waals surface area contributed by atoms with Crippen LogP contribution < -0.4 is 10.2 Å². The van der Waals surface area contributed by atoms with Crippen molar-refractivity contribution < 1.29 is 4.21 Å². The van der Waals surface area contributed by atoms with E-state index in [2.05, 4.69) is 34.5 Å². The molecule has 0 aromatic heterocycles. The second-order valence-electron chi connectivity index (χ2n) is 5.13. The summed E-state index contributed by atoms with van der Waals surface area (Å²) >= 11 is 0. The molecule has 1 aromatic carbocycles. The van der Waals surface area contributed by atoms with E-state index in [4.69, 9.17) is 0 Å². The number of hydrogen-bond donors (Lipinski definition) is 1. The standard InChI is InChI=1S/C15H24N2OS/c1-19(18)12-6-9-16-13-14-7-2-3-8-15(14)17-10-4-5-11-17/h2-3,7-8,16H,4-6,9-13H2,1H3. The molecule has 1 atom stereocenters. The third-order valence-electron chi connectivity index (χ3n) is 3.54. The van der Waals surface area contributed by atoms with Gasteiger partial charge in [-0.3, -0.25) is 4.21 Å². The molecule has 1 heterocycles. The molecule has 4 heteroatoms. The maximum Gasteiger partial charge on any atom is 0.0411 e. The summed E-state index contributed by atoms with van der Waals surface area (Å²) in [5.74, 6) is 0.792. The van der Waals surface area contributed by atoms with E-state index in [0.29, 0.717) is 0 Å². The molecule has 0 spiro atoms. The van der Waals surface area contributed by atoms with E-state index < -0.39 is 10.8 Å². The first-order valence-corrected chi connectivity index (χ1v) is 8.83. The van der Waals surface area contributed by atoms with Gasteiger partial charge in [0, 0.05) is 48.1 Å². The quantitative estimate of drug-likeness (QED) is 0.777. The van der Waals surface area contributed by atoms with Crippen LogP contribution in [0.25, 0.3) is 0 Å². The minimum atomic E-state index is -0.668. The van der Waals surface area contributed by atoms with Crippen molar-refractivity contribution in [1.29, 1.82) is 0 Å². The van der Waals surface area contributed by atoms with Gasteiger partial charge in [0.1, 0.15) is 0 Å². The van der Waals surface area contributed by atoms with Crippen LogP contribution in [0.15, 0.2) is 24.3 Å². The van der Waals surface area contributed by atoms with Gasteiger partial charge in [0.2, 0.25) is 0 Å². The average molecular weight is 280 g/mol. The predicted molar refractivity (Wildman–Crippen MR) is 83.1 cm³/mol. The Morgan fingerprint density at radius 1 is 1.26 bits per heavy atom. The number of hydrogen-bond acceptors (Lipinski definition) is 3. The summed E-state index contributed by atoms with van der Waals surface area (Å²) in [4.78, 5) is 2.48. The van der Waals surface area contributed by atoms with Crippen molar-refractivity contribution in [3.8, 4) is 0 Å². The summed E-state index contributed by atoms with van der Waals surface area (Å²) in [6.45, 7) is 4.22. The Hall–Kier alpha value is -0.870. The Balaban J connectivity index is 1.84. The van der Waals surface area contributed by atoms with E-state index in [1.165, 1.54) is 37.2 Å². The van der Waals surface area contributed by atoms with Crippen molar-refractivity contribution in [2.45, 2.75) is 25.8 Å². The fourth-order valence-corrected chi connectivity index (χ4v) is 3.10. The average Bonchev–Trinajstić information content (AvgIpc) is 2.92. The molecule has 0 saturated carbocycles. The number of nitrogens with zero attached hydrogens (tertiary/aromatic N) is 1. The SMILES string of the molecule is CS(=O)CCCNCc1ccccc1N1CCCC1. The highest BCUT2D eigenvalue weighted by Crippen LogP contribution is 2.24. The fraction of sp³-hybridized carbons (Fsp3) is 0.600. The van der Waals surface area contributed by atoms with Crippen molar-refractivity contribution >= 4 is 16.5 Å². The molecule has 1 saturated heterocycles. The van der Waals surface area contributed by atoms with Crippen LogP contribution in [-0.4, -0.2) is 35.9 Å². The van der Waals surface area contributed by atoms with Gasteiger partial charge < -0.3 is 10.2 Å². The smallest absolute Gasteiger partial charge is 0.0411 e. The van der Waals surface area contributed by atoms with Gasteiger partial charge >= 0.3 is 0 Å². The number of rotatable bonds is 7. The molecule has 1 aliphatic heterocycles. The summed E-state index contributed by atoms with van der Waals surface area (Å²) in [6.07, 6.45) is 5.37. The largest absolute Gasteiger partial charge is 0.371 e. The second kappa shape index (κ2) is 7.65. The Kier molecular flexibility index (Phi) is 5.86. The van der Waals surface area contributed by atoms with E-state index in [1.807, 2.05) is 0 Å². The maximum absolute atomic E-state index is 11.0. The zero-order valence-electron chi connectivity index (χ0n) is 11.7. The lowest BCUT2D eigenvalue weighted by molar-refractivity contribution is 0.661. The van der Waals surface area contributed by atoms with E-state index >= 15 is 0 Å². The van der Waals surface area contributed by atoms with Crippen LogP contribution in [0.2, 0.25) is 0 Å². The summed E-state index contributed by atoms with van der Waals surface area (Å²) < 4.78 is 11.0. The summed E-state index contributed by atoms with van der Waals surface area (Å²) in [5.41, 5.74) is 2.76. The van der Waals surface area contributed by atoms with Crippen LogP contribution in [0, 0.1) is 0 Å². The zero-order valence-corrected chi connectivity index (χ0v) is 12.5. The topological polar surface area (TPSA) is 32.3 Å². The first-order chi connectivity index (χ1) is 9.27. The molecule has 1 unspecified atom stereocenters. The molecule has 106 valence electrons. The predicted octanol–water partition coefficient (Wildman–Crippen LogP) is 2.14. The van der Waals surface area contributed by atoms with Gasteiger partial charge in [-0.15, -0.1) is 0 Å². The molecule has 1 N–H and O–H groups in total. The number of benzene rings is 1. The minimum Gasteiger partial charge on any atom is -0.371 e. The summed E-state index contributed by atoms with van der Waals surface area (Å²) in [6, 6.07) is 8.66. The molecule has 2 rings (SSSR count).